The monoisotopic (exact) mass is 400 g/mol. The molecule has 0 aliphatic carbocycles. The molecule has 2 atom stereocenters. The summed E-state index contributed by atoms with van der Waals surface area (Å²) in [7, 11) is 0. The second-order valence-corrected chi connectivity index (χ2v) is 8.13. The van der Waals surface area contributed by atoms with Crippen LogP contribution in [0.2, 0.25) is 0 Å². The standard InChI is InChI=1S/C21H28N4O4/c1-15(23-19(26)18-5-3-13-29-18)20(27)24-11-7-21(28,8-12-24)14-25-10-6-16-17(25)4-2-9-22-16/h2,4,6,9-10,15,18,28H,3,5,7-8,11-14H2,1H3,(H,23,26)/t15-,18+/m0/s1. The van der Waals surface area contributed by atoms with E-state index < -0.39 is 17.7 Å². The Morgan fingerprint density at radius 3 is 2.90 bits per heavy atom. The molecule has 2 amide bonds. The summed E-state index contributed by atoms with van der Waals surface area (Å²) in [5.74, 6) is -0.334. The lowest BCUT2D eigenvalue weighted by atomic mass is 9.91. The summed E-state index contributed by atoms with van der Waals surface area (Å²) in [4.78, 5) is 31.0. The van der Waals surface area contributed by atoms with Crippen LogP contribution in [0.1, 0.15) is 32.6 Å². The molecule has 156 valence electrons. The summed E-state index contributed by atoms with van der Waals surface area (Å²) < 4.78 is 7.39. The first kappa shape index (κ1) is 19.8. The number of carbonyl (C=O) groups is 2. The van der Waals surface area contributed by atoms with Crippen LogP contribution in [0.3, 0.4) is 0 Å². The Labute approximate surface area is 169 Å². The van der Waals surface area contributed by atoms with E-state index in [4.69, 9.17) is 4.74 Å². The van der Waals surface area contributed by atoms with Crippen LogP contribution in [0.4, 0.5) is 0 Å². The third kappa shape index (κ3) is 4.28. The van der Waals surface area contributed by atoms with E-state index in [-0.39, 0.29) is 11.8 Å². The van der Waals surface area contributed by atoms with Gasteiger partial charge in [0.2, 0.25) is 11.8 Å². The fraction of sp³-hybridized carbons (Fsp3) is 0.571. The molecule has 0 spiro atoms. The predicted octanol–water partition coefficient (Wildman–Crippen LogP) is 1.07. The zero-order valence-electron chi connectivity index (χ0n) is 16.7. The fourth-order valence-corrected chi connectivity index (χ4v) is 4.20. The molecule has 2 saturated heterocycles. The maximum Gasteiger partial charge on any atom is 0.249 e. The Hall–Kier alpha value is -2.45. The summed E-state index contributed by atoms with van der Waals surface area (Å²) in [6.45, 7) is 3.70. The van der Waals surface area contributed by atoms with Crippen molar-refractivity contribution in [2.45, 2.75) is 56.9 Å². The Morgan fingerprint density at radius 2 is 2.17 bits per heavy atom. The van der Waals surface area contributed by atoms with Crippen LogP contribution in [0.15, 0.2) is 30.6 Å². The van der Waals surface area contributed by atoms with Crippen LogP contribution < -0.4 is 5.32 Å². The van der Waals surface area contributed by atoms with Crippen LogP contribution >= 0.6 is 0 Å². The van der Waals surface area contributed by atoms with Gasteiger partial charge in [-0.3, -0.25) is 14.6 Å². The number of fused-ring (bicyclic) bond motifs is 1. The van der Waals surface area contributed by atoms with Gasteiger partial charge in [-0.1, -0.05) is 0 Å². The molecule has 29 heavy (non-hydrogen) atoms. The normalized spacial score (nSPS) is 22.6. The topological polar surface area (TPSA) is 96.7 Å². The van der Waals surface area contributed by atoms with Crippen LogP contribution in [0.25, 0.3) is 11.0 Å². The lowest BCUT2D eigenvalue weighted by molar-refractivity contribution is -0.141. The van der Waals surface area contributed by atoms with Gasteiger partial charge in [0.1, 0.15) is 12.1 Å². The first-order valence-corrected chi connectivity index (χ1v) is 10.3. The maximum atomic E-state index is 12.7. The van der Waals surface area contributed by atoms with E-state index in [0.29, 0.717) is 45.5 Å². The van der Waals surface area contributed by atoms with E-state index in [1.807, 2.05) is 29.0 Å². The molecule has 0 aromatic carbocycles. The van der Waals surface area contributed by atoms with Gasteiger partial charge in [-0.25, -0.2) is 0 Å². The molecule has 8 heteroatoms. The van der Waals surface area contributed by atoms with Crippen molar-refractivity contribution in [2.24, 2.45) is 0 Å². The van der Waals surface area contributed by atoms with Crippen molar-refractivity contribution in [3.05, 3.63) is 30.6 Å². The minimum Gasteiger partial charge on any atom is -0.388 e. The number of nitrogens with one attached hydrogen (secondary N) is 1. The van der Waals surface area contributed by atoms with Gasteiger partial charge >= 0.3 is 0 Å². The SMILES string of the molecule is C[C@H](NC(=O)[C@H]1CCCO1)C(=O)N1CCC(O)(Cn2ccc3ncccc32)CC1. The van der Waals surface area contributed by atoms with Gasteiger partial charge < -0.3 is 24.6 Å². The highest BCUT2D eigenvalue weighted by Crippen LogP contribution is 2.26. The van der Waals surface area contributed by atoms with E-state index in [9.17, 15) is 14.7 Å². The zero-order chi connectivity index (χ0) is 20.4. The number of carbonyl (C=O) groups excluding carboxylic acids is 2. The van der Waals surface area contributed by atoms with Crippen molar-refractivity contribution in [3.8, 4) is 0 Å². The average molecular weight is 400 g/mol. The molecule has 4 heterocycles. The summed E-state index contributed by atoms with van der Waals surface area (Å²) in [6.07, 6.45) is 5.81. The maximum absolute atomic E-state index is 12.7. The number of likely N-dealkylation sites (tertiary alicyclic amines) is 1. The number of rotatable bonds is 5. The largest absolute Gasteiger partial charge is 0.388 e. The Kier molecular flexibility index (Phi) is 5.56. The van der Waals surface area contributed by atoms with Gasteiger partial charge in [0.25, 0.3) is 0 Å². The number of aromatic nitrogens is 2. The summed E-state index contributed by atoms with van der Waals surface area (Å²) in [5, 5.41) is 13.8. The highest BCUT2D eigenvalue weighted by Gasteiger charge is 2.36. The van der Waals surface area contributed by atoms with Crippen molar-refractivity contribution in [1.29, 1.82) is 0 Å². The molecule has 2 aromatic heterocycles. The molecule has 8 nitrogen and oxygen atoms in total. The number of hydrogen-bond acceptors (Lipinski definition) is 5. The Morgan fingerprint density at radius 1 is 1.38 bits per heavy atom. The van der Waals surface area contributed by atoms with Gasteiger partial charge in [0.15, 0.2) is 0 Å². The molecule has 2 aromatic rings. The van der Waals surface area contributed by atoms with Gasteiger partial charge in [-0.15, -0.1) is 0 Å². The van der Waals surface area contributed by atoms with Crippen LogP contribution in [0, 0.1) is 0 Å². The first-order chi connectivity index (χ1) is 14.0. The van der Waals surface area contributed by atoms with Crippen molar-refractivity contribution < 1.29 is 19.4 Å². The minimum atomic E-state index is -0.872. The Bertz CT molecular complexity index is 882. The molecular formula is C21H28N4O4. The van der Waals surface area contributed by atoms with Crippen molar-refractivity contribution >= 4 is 22.8 Å². The van der Waals surface area contributed by atoms with E-state index in [0.717, 1.165) is 17.5 Å². The molecule has 0 radical (unpaired) electrons. The summed E-state index contributed by atoms with van der Waals surface area (Å²) in [5.41, 5.74) is 1.02. The number of hydrogen-bond donors (Lipinski definition) is 2. The molecule has 0 unspecified atom stereocenters. The highest BCUT2D eigenvalue weighted by atomic mass is 16.5. The number of nitrogens with zero attached hydrogens (tertiary/aromatic N) is 3. The van der Waals surface area contributed by atoms with Crippen LogP contribution in [0.5, 0.6) is 0 Å². The Balaban J connectivity index is 1.32. The van der Waals surface area contributed by atoms with Crippen molar-refractivity contribution in [2.75, 3.05) is 19.7 Å². The second kappa shape index (κ2) is 8.12. The van der Waals surface area contributed by atoms with Crippen LogP contribution in [-0.2, 0) is 20.9 Å². The number of amides is 2. The van der Waals surface area contributed by atoms with Gasteiger partial charge in [0.05, 0.1) is 23.2 Å². The number of ether oxygens (including phenoxy) is 1. The highest BCUT2D eigenvalue weighted by molar-refractivity contribution is 5.89. The molecular weight excluding hydrogens is 372 g/mol. The molecule has 0 bridgehead atoms. The van der Waals surface area contributed by atoms with Crippen molar-refractivity contribution in [1.82, 2.24) is 19.8 Å². The van der Waals surface area contributed by atoms with E-state index in [1.165, 1.54) is 0 Å². The lowest BCUT2D eigenvalue weighted by Crippen LogP contribution is -2.54. The van der Waals surface area contributed by atoms with Gasteiger partial charge in [-0.05, 0) is 50.8 Å². The van der Waals surface area contributed by atoms with E-state index in [2.05, 4.69) is 10.3 Å². The fourth-order valence-electron chi connectivity index (χ4n) is 4.20. The average Bonchev–Trinajstić information content (AvgIpc) is 3.39. The van der Waals surface area contributed by atoms with Crippen LogP contribution in [-0.4, -0.2) is 68.8 Å². The second-order valence-electron chi connectivity index (χ2n) is 8.13. The van der Waals surface area contributed by atoms with E-state index in [1.54, 1.807) is 18.0 Å². The zero-order valence-corrected chi connectivity index (χ0v) is 16.7. The first-order valence-electron chi connectivity index (χ1n) is 10.3. The van der Waals surface area contributed by atoms with Gasteiger partial charge in [0, 0.05) is 32.1 Å². The minimum absolute atomic E-state index is 0.117. The molecule has 2 aliphatic rings. The van der Waals surface area contributed by atoms with Crippen molar-refractivity contribution in [3.63, 3.8) is 0 Å². The molecule has 2 aliphatic heterocycles. The number of pyridine rings is 1. The molecule has 4 rings (SSSR count). The molecule has 2 fully saturated rings. The third-order valence-electron chi connectivity index (χ3n) is 5.96. The predicted molar refractivity (Wildman–Crippen MR) is 107 cm³/mol. The molecule has 2 N–H and O–H groups in total. The van der Waals surface area contributed by atoms with E-state index >= 15 is 0 Å². The number of aliphatic hydroxyl groups is 1. The van der Waals surface area contributed by atoms with Gasteiger partial charge in [-0.2, -0.15) is 0 Å². The smallest absolute Gasteiger partial charge is 0.249 e. The lowest BCUT2D eigenvalue weighted by Gasteiger charge is -2.39. The summed E-state index contributed by atoms with van der Waals surface area (Å²) >= 11 is 0. The quantitative estimate of drug-likeness (QED) is 0.783. The molecule has 0 saturated carbocycles. The number of piperidine rings is 1. The summed E-state index contributed by atoms with van der Waals surface area (Å²) in [6, 6.07) is 5.21. The third-order valence-corrected chi connectivity index (χ3v) is 5.96.